The standard InChI is InChI=1S/C20H21ClN2O.C6H5Cl/c1-2-5-16-9-12-19(15-7-10-17(21)11-8-15)23(20(16)24)14-18-6-3-4-13-22-18;7-6-4-2-1-3-5-6/h2-4,6-8,10-11,13,16,19H,1,5,9,12,14H2;1-5H/t16-,19-;/m0./s1. The topological polar surface area (TPSA) is 33.2 Å². The molecule has 0 aliphatic carbocycles. The zero-order valence-corrected chi connectivity index (χ0v) is 18.8. The van der Waals surface area contributed by atoms with E-state index in [1.54, 1.807) is 6.20 Å². The monoisotopic (exact) mass is 452 g/mol. The molecule has 1 aliphatic heterocycles. The summed E-state index contributed by atoms with van der Waals surface area (Å²) >= 11 is 11.5. The molecule has 4 rings (SSSR count). The van der Waals surface area contributed by atoms with E-state index in [2.05, 4.69) is 11.6 Å². The SMILES string of the molecule is C=CC[C@H]1CC[C@@H](c2ccc(Cl)cc2)N(Cc2ccccn2)C1=O.Clc1ccccc1. The van der Waals surface area contributed by atoms with Gasteiger partial charge >= 0.3 is 0 Å². The van der Waals surface area contributed by atoms with Gasteiger partial charge in [-0.25, -0.2) is 0 Å². The Morgan fingerprint density at radius 3 is 2.19 bits per heavy atom. The van der Waals surface area contributed by atoms with E-state index >= 15 is 0 Å². The average molecular weight is 453 g/mol. The van der Waals surface area contributed by atoms with Crippen LogP contribution < -0.4 is 0 Å². The van der Waals surface area contributed by atoms with Crippen LogP contribution in [0.15, 0.2) is 91.6 Å². The Labute approximate surface area is 194 Å². The van der Waals surface area contributed by atoms with Gasteiger partial charge in [0.1, 0.15) is 0 Å². The van der Waals surface area contributed by atoms with Crippen molar-refractivity contribution < 1.29 is 4.79 Å². The third-order valence-corrected chi connectivity index (χ3v) is 5.80. The lowest BCUT2D eigenvalue weighted by molar-refractivity contribution is -0.142. The molecule has 5 heteroatoms. The molecule has 1 saturated heterocycles. The van der Waals surface area contributed by atoms with Gasteiger partial charge in [-0.1, -0.05) is 65.7 Å². The van der Waals surface area contributed by atoms with Gasteiger partial charge in [0.2, 0.25) is 5.91 Å². The number of likely N-dealkylation sites (tertiary alicyclic amines) is 1. The Balaban J connectivity index is 0.000000330. The van der Waals surface area contributed by atoms with Crippen molar-refractivity contribution in [1.29, 1.82) is 0 Å². The Morgan fingerprint density at radius 2 is 1.61 bits per heavy atom. The van der Waals surface area contributed by atoms with Crippen LogP contribution in [0, 0.1) is 5.92 Å². The summed E-state index contributed by atoms with van der Waals surface area (Å²) in [6.45, 7) is 4.32. The molecule has 2 aromatic carbocycles. The Hall–Kier alpha value is -2.62. The number of allylic oxidation sites excluding steroid dienone is 1. The lowest BCUT2D eigenvalue weighted by Gasteiger charge is -2.39. The zero-order valence-electron chi connectivity index (χ0n) is 17.3. The lowest BCUT2D eigenvalue weighted by Crippen LogP contribution is -2.42. The van der Waals surface area contributed by atoms with Crippen LogP contribution in [-0.4, -0.2) is 15.8 Å². The summed E-state index contributed by atoms with van der Waals surface area (Å²) in [6, 6.07) is 23.1. The second-order valence-corrected chi connectivity index (χ2v) is 8.32. The normalized spacial score (nSPS) is 18.1. The first-order valence-corrected chi connectivity index (χ1v) is 11.1. The molecule has 160 valence electrons. The van der Waals surface area contributed by atoms with Crippen LogP contribution in [0.3, 0.4) is 0 Å². The summed E-state index contributed by atoms with van der Waals surface area (Å²) < 4.78 is 0. The molecular formula is C26H26Cl2N2O. The highest BCUT2D eigenvalue weighted by Gasteiger charge is 2.35. The minimum absolute atomic E-state index is 0.0229. The number of aromatic nitrogens is 1. The first-order valence-electron chi connectivity index (χ1n) is 10.4. The number of hydrogen-bond acceptors (Lipinski definition) is 2. The smallest absolute Gasteiger partial charge is 0.226 e. The van der Waals surface area contributed by atoms with E-state index in [9.17, 15) is 4.79 Å². The molecule has 2 atom stereocenters. The highest BCUT2D eigenvalue weighted by molar-refractivity contribution is 6.30. The van der Waals surface area contributed by atoms with E-state index in [0.29, 0.717) is 11.6 Å². The second-order valence-electron chi connectivity index (χ2n) is 7.45. The van der Waals surface area contributed by atoms with Gasteiger partial charge in [0.05, 0.1) is 18.3 Å². The predicted octanol–water partition coefficient (Wildman–Crippen LogP) is 7.13. The molecular weight excluding hydrogens is 427 g/mol. The largest absolute Gasteiger partial charge is 0.330 e. The fraction of sp³-hybridized carbons (Fsp3) is 0.231. The number of carbonyl (C=O) groups is 1. The molecule has 0 N–H and O–H groups in total. The van der Waals surface area contributed by atoms with E-state index in [1.165, 1.54) is 0 Å². The molecule has 0 spiro atoms. The maximum atomic E-state index is 13.0. The van der Waals surface area contributed by atoms with Gasteiger partial charge in [0.15, 0.2) is 0 Å². The number of pyridine rings is 1. The number of hydrogen-bond donors (Lipinski definition) is 0. The minimum Gasteiger partial charge on any atom is -0.330 e. The van der Waals surface area contributed by atoms with Gasteiger partial charge in [-0.2, -0.15) is 0 Å². The summed E-state index contributed by atoms with van der Waals surface area (Å²) in [5.74, 6) is 0.210. The first kappa shape index (κ1) is 23.1. The second kappa shape index (κ2) is 11.7. The van der Waals surface area contributed by atoms with E-state index in [1.807, 2.05) is 83.8 Å². The van der Waals surface area contributed by atoms with Crippen LogP contribution in [-0.2, 0) is 11.3 Å². The summed E-state index contributed by atoms with van der Waals surface area (Å²) in [6.07, 6.45) is 6.16. The highest BCUT2D eigenvalue weighted by atomic mass is 35.5. The summed E-state index contributed by atoms with van der Waals surface area (Å²) in [4.78, 5) is 19.3. The van der Waals surface area contributed by atoms with Crippen molar-refractivity contribution in [2.45, 2.75) is 31.8 Å². The molecule has 3 nitrogen and oxygen atoms in total. The predicted molar refractivity (Wildman–Crippen MR) is 128 cm³/mol. The Morgan fingerprint density at radius 1 is 0.935 bits per heavy atom. The molecule has 31 heavy (non-hydrogen) atoms. The summed E-state index contributed by atoms with van der Waals surface area (Å²) in [5.41, 5.74) is 2.03. The summed E-state index contributed by atoms with van der Waals surface area (Å²) in [5, 5.41) is 1.50. The number of amides is 1. The molecule has 1 fully saturated rings. The molecule has 1 aliphatic rings. The molecule has 0 saturated carbocycles. The zero-order chi connectivity index (χ0) is 22.1. The Bertz CT molecular complexity index is 962. The van der Waals surface area contributed by atoms with Gasteiger partial charge in [-0.3, -0.25) is 9.78 Å². The number of nitrogens with zero attached hydrogens (tertiary/aromatic N) is 2. The quantitative estimate of drug-likeness (QED) is 0.385. The van der Waals surface area contributed by atoms with Crippen molar-refractivity contribution in [3.8, 4) is 0 Å². The lowest BCUT2D eigenvalue weighted by atomic mass is 9.86. The van der Waals surface area contributed by atoms with E-state index in [-0.39, 0.29) is 17.9 Å². The molecule has 3 aromatic rings. The van der Waals surface area contributed by atoms with Gasteiger partial charge in [-0.05, 0) is 61.2 Å². The van der Waals surface area contributed by atoms with Crippen LogP contribution in [0.5, 0.6) is 0 Å². The van der Waals surface area contributed by atoms with Crippen molar-refractivity contribution in [2.75, 3.05) is 0 Å². The summed E-state index contributed by atoms with van der Waals surface area (Å²) in [7, 11) is 0. The number of benzene rings is 2. The van der Waals surface area contributed by atoms with Gasteiger partial charge in [-0.15, -0.1) is 6.58 Å². The van der Waals surface area contributed by atoms with Gasteiger partial charge in [0, 0.05) is 22.2 Å². The molecule has 2 heterocycles. The fourth-order valence-electron chi connectivity index (χ4n) is 3.75. The first-order chi connectivity index (χ1) is 15.1. The average Bonchev–Trinajstić information content (AvgIpc) is 2.79. The molecule has 1 aromatic heterocycles. The van der Waals surface area contributed by atoms with Crippen molar-refractivity contribution in [1.82, 2.24) is 9.88 Å². The van der Waals surface area contributed by atoms with E-state index in [4.69, 9.17) is 23.2 Å². The van der Waals surface area contributed by atoms with Crippen molar-refractivity contribution in [3.63, 3.8) is 0 Å². The van der Waals surface area contributed by atoms with Gasteiger partial charge in [0.25, 0.3) is 0 Å². The molecule has 0 unspecified atom stereocenters. The number of halogens is 2. The third-order valence-electron chi connectivity index (χ3n) is 5.29. The van der Waals surface area contributed by atoms with Crippen molar-refractivity contribution in [2.24, 2.45) is 5.92 Å². The maximum absolute atomic E-state index is 13.0. The maximum Gasteiger partial charge on any atom is 0.226 e. The molecule has 1 amide bonds. The van der Waals surface area contributed by atoms with Crippen LogP contribution >= 0.6 is 23.2 Å². The van der Waals surface area contributed by atoms with Crippen molar-refractivity contribution >= 4 is 29.1 Å². The number of rotatable bonds is 5. The van der Waals surface area contributed by atoms with Gasteiger partial charge < -0.3 is 4.90 Å². The fourth-order valence-corrected chi connectivity index (χ4v) is 4.02. The number of carbonyl (C=O) groups excluding carboxylic acids is 1. The molecule has 0 bridgehead atoms. The molecule has 0 radical (unpaired) electrons. The minimum atomic E-state index is 0.0229. The number of piperidine rings is 1. The third kappa shape index (κ3) is 6.68. The van der Waals surface area contributed by atoms with E-state index in [0.717, 1.165) is 35.5 Å². The van der Waals surface area contributed by atoms with Crippen LogP contribution in [0.2, 0.25) is 10.0 Å². The van der Waals surface area contributed by atoms with Crippen LogP contribution in [0.25, 0.3) is 0 Å². The highest BCUT2D eigenvalue weighted by Crippen LogP contribution is 2.36. The van der Waals surface area contributed by atoms with Crippen LogP contribution in [0.1, 0.15) is 36.6 Å². The Kier molecular flexibility index (Phi) is 8.69. The van der Waals surface area contributed by atoms with Crippen molar-refractivity contribution in [3.05, 3.63) is 113 Å². The van der Waals surface area contributed by atoms with Crippen LogP contribution in [0.4, 0.5) is 0 Å². The van der Waals surface area contributed by atoms with E-state index < -0.39 is 0 Å².